The fourth-order valence-corrected chi connectivity index (χ4v) is 3.93. The molecule has 0 fully saturated rings. The molecule has 2 aromatic heterocycles. The Kier molecular flexibility index (Phi) is 7.80. The number of carbonyl (C=O) groups is 3. The molecule has 37 heavy (non-hydrogen) atoms. The third-order valence-electron chi connectivity index (χ3n) is 5.58. The average molecular weight is 493 g/mol. The molecule has 2 heterocycles. The lowest BCUT2D eigenvalue weighted by Crippen LogP contribution is -2.20. The summed E-state index contributed by atoms with van der Waals surface area (Å²) < 4.78 is 3.37. The van der Waals surface area contributed by atoms with E-state index >= 15 is 0 Å². The number of aliphatic carboxylic acids is 1. The molecule has 8 nitrogen and oxygen atoms in total. The van der Waals surface area contributed by atoms with Crippen molar-refractivity contribution in [2.45, 2.75) is 6.04 Å². The molecule has 8 heteroatoms. The van der Waals surface area contributed by atoms with E-state index in [9.17, 15) is 19.5 Å². The SMILES string of the molecule is Cn1cc(C=O)nc1-c1ccccc1.O=Cc1cn(C(C(=O)O)c2ccccc2)c(-c2ccccc2)n1. The number of imidazole rings is 2. The van der Waals surface area contributed by atoms with Gasteiger partial charge in [0.05, 0.1) is 0 Å². The second-order valence-electron chi connectivity index (χ2n) is 8.12. The highest BCUT2D eigenvalue weighted by Crippen LogP contribution is 2.27. The molecule has 0 bridgehead atoms. The minimum Gasteiger partial charge on any atom is -0.479 e. The Labute approximate surface area is 213 Å². The van der Waals surface area contributed by atoms with Crippen LogP contribution < -0.4 is 0 Å². The summed E-state index contributed by atoms with van der Waals surface area (Å²) in [5, 5.41) is 9.70. The maximum Gasteiger partial charge on any atom is 0.331 e. The fourth-order valence-electron chi connectivity index (χ4n) is 3.93. The van der Waals surface area contributed by atoms with E-state index < -0.39 is 12.0 Å². The highest BCUT2D eigenvalue weighted by Gasteiger charge is 2.25. The van der Waals surface area contributed by atoms with Crippen molar-refractivity contribution < 1.29 is 19.5 Å². The first-order chi connectivity index (χ1) is 18.0. The number of nitrogens with zero attached hydrogens (tertiary/aromatic N) is 4. The molecule has 5 rings (SSSR count). The Bertz CT molecular complexity index is 1490. The number of carboxylic acid groups (broad SMARTS) is 1. The van der Waals surface area contributed by atoms with Gasteiger partial charge >= 0.3 is 5.97 Å². The number of hydrogen-bond donors (Lipinski definition) is 1. The monoisotopic (exact) mass is 492 g/mol. The molecule has 0 radical (unpaired) electrons. The molecular weight excluding hydrogens is 468 g/mol. The van der Waals surface area contributed by atoms with E-state index in [-0.39, 0.29) is 5.69 Å². The van der Waals surface area contributed by atoms with Gasteiger partial charge < -0.3 is 14.2 Å². The Balaban J connectivity index is 0.000000195. The Morgan fingerprint density at radius 1 is 0.730 bits per heavy atom. The van der Waals surface area contributed by atoms with Crippen molar-refractivity contribution in [3.05, 3.63) is 120 Å². The molecule has 184 valence electrons. The van der Waals surface area contributed by atoms with Gasteiger partial charge in [0.15, 0.2) is 18.6 Å². The number of benzene rings is 3. The first-order valence-electron chi connectivity index (χ1n) is 11.4. The summed E-state index contributed by atoms with van der Waals surface area (Å²) in [5.41, 5.74) is 3.05. The molecule has 3 aromatic carbocycles. The third-order valence-corrected chi connectivity index (χ3v) is 5.58. The molecule has 1 N–H and O–H groups in total. The highest BCUT2D eigenvalue weighted by atomic mass is 16.4. The fraction of sp³-hybridized carbons (Fsp3) is 0.0690. The van der Waals surface area contributed by atoms with E-state index in [4.69, 9.17) is 0 Å². The maximum atomic E-state index is 11.8. The number of hydrogen-bond acceptors (Lipinski definition) is 5. The van der Waals surface area contributed by atoms with Crippen LogP contribution >= 0.6 is 0 Å². The lowest BCUT2D eigenvalue weighted by Gasteiger charge is -2.17. The van der Waals surface area contributed by atoms with Crippen LogP contribution in [0.1, 0.15) is 32.6 Å². The second kappa shape index (κ2) is 11.5. The van der Waals surface area contributed by atoms with Crippen LogP contribution in [0.5, 0.6) is 0 Å². The van der Waals surface area contributed by atoms with Crippen molar-refractivity contribution in [1.29, 1.82) is 0 Å². The van der Waals surface area contributed by atoms with E-state index in [0.717, 1.165) is 23.2 Å². The number of aromatic nitrogens is 4. The van der Waals surface area contributed by atoms with E-state index in [2.05, 4.69) is 9.97 Å². The Hall–Kier alpha value is -5.11. The maximum absolute atomic E-state index is 11.8. The summed E-state index contributed by atoms with van der Waals surface area (Å²) in [6, 6.07) is 26.9. The predicted molar refractivity (Wildman–Crippen MR) is 139 cm³/mol. The molecule has 0 aliphatic carbocycles. The van der Waals surface area contributed by atoms with Crippen LogP contribution in [0.3, 0.4) is 0 Å². The van der Waals surface area contributed by atoms with Crippen molar-refractivity contribution in [2.75, 3.05) is 0 Å². The van der Waals surface area contributed by atoms with Crippen molar-refractivity contribution in [3.63, 3.8) is 0 Å². The lowest BCUT2D eigenvalue weighted by molar-refractivity contribution is -0.139. The van der Waals surface area contributed by atoms with E-state index in [1.165, 1.54) is 10.8 Å². The van der Waals surface area contributed by atoms with Gasteiger partial charge in [0.1, 0.15) is 23.0 Å². The largest absolute Gasteiger partial charge is 0.479 e. The molecule has 0 spiro atoms. The standard InChI is InChI=1S/C18H14N2O3.C11H10N2O/c21-12-15-11-20(17(19-15)14-9-5-2-6-10-14)16(18(22)23)13-7-3-1-4-8-13;1-13-7-10(8-14)12-11(13)9-5-3-2-4-6-9/h1-12,16H,(H,22,23);2-8H,1H3. The molecule has 0 aliphatic heterocycles. The van der Waals surface area contributed by atoms with Crippen LogP contribution in [0.2, 0.25) is 0 Å². The minimum absolute atomic E-state index is 0.200. The zero-order valence-electron chi connectivity index (χ0n) is 20.0. The van der Waals surface area contributed by atoms with Gasteiger partial charge in [0, 0.05) is 30.6 Å². The number of carbonyl (C=O) groups excluding carboxylic acids is 2. The van der Waals surface area contributed by atoms with Gasteiger partial charge in [-0.15, -0.1) is 0 Å². The van der Waals surface area contributed by atoms with Crippen LogP contribution in [-0.4, -0.2) is 42.8 Å². The molecular formula is C29H24N4O4. The number of carboxylic acids is 1. The molecule has 1 atom stereocenters. The third kappa shape index (κ3) is 5.76. The zero-order valence-corrected chi connectivity index (χ0v) is 20.0. The highest BCUT2D eigenvalue weighted by molar-refractivity contribution is 5.79. The molecule has 0 saturated carbocycles. The normalized spacial score (nSPS) is 11.2. The van der Waals surface area contributed by atoms with Gasteiger partial charge in [-0.1, -0.05) is 91.0 Å². The Morgan fingerprint density at radius 3 is 1.68 bits per heavy atom. The quantitative estimate of drug-likeness (QED) is 0.323. The summed E-state index contributed by atoms with van der Waals surface area (Å²) in [4.78, 5) is 41.9. The van der Waals surface area contributed by atoms with Crippen LogP contribution in [-0.2, 0) is 11.8 Å². The van der Waals surface area contributed by atoms with E-state index in [1.807, 2.05) is 78.3 Å². The second-order valence-corrected chi connectivity index (χ2v) is 8.12. The minimum atomic E-state index is -1.01. The van der Waals surface area contributed by atoms with Gasteiger partial charge in [-0.2, -0.15) is 0 Å². The summed E-state index contributed by atoms with van der Waals surface area (Å²) in [7, 11) is 1.88. The topological polar surface area (TPSA) is 107 Å². The van der Waals surface area contributed by atoms with Crippen molar-refractivity contribution in [3.8, 4) is 22.8 Å². The van der Waals surface area contributed by atoms with Crippen LogP contribution in [0, 0.1) is 0 Å². The predicted octanol–water partition coefficient (Wildman–Crippen LogP) is 4.94. The zero-order chi connectivity index (χ0) is 26.2. The summed E-state index contributed by atoms with van der Waals surface area (Å²) in [5.74, 6) is 0.250. The van der Waals surface area contributed by atoms with Gasteiger partial charge in [-0.25, -0.2) is 14.8 Å². The van der Waals surface area contributed by atoms with Gasteiger partial charge in [-0.05, 0) is 5.56 Å². The van der Waals surface area contributed by atoms with Crippen LogP contribution in [0.15, 0.2) is 103 Å². The average Bonchev–Trinajstić information content (AvgIpc) is 3.54. The molecule has 1 unspecified atom stereocenters. The van der Waals surface area contributed by atoms with Gasteiger partial charge in [-0.3, -0.25) is 9.59 Å². The summed E-state index contributed by atoms with van der Waals surface area (Å²) in [6.07, 6.45) is 4.57. The summed E-state index contributed by atoms with van der Waals surface area (Å²) in [6.45, 7) is 0. The summed E-state index contributed by atoms with van der Waals surface area (Å²) >= 11 is 0. The number of aldehydes is 2. The smallest absolute Gasteiger partial charge is 0.331 e. The van der Waals surface area contributed by atoms with Crippen LogP contribution in [0.4, 0.5) is 0 Å². The van der Waals surface area contributed by atoms with Crippen molar-refractivity contribution >= 4 is 18.5 Å². The molecule has 5 aromatic rings. The molecule has 0 amide bonds. The van der Waals surface area contributed by atoms with E-state index in [0.29, 0.717) is 23.4 Å². The van der Waals surface area contributed by atoms with Crippen molar-refractivity contribution in [2.24, 2.45) is 7.05 Å². The molecule has 0 aliphatic rings. The number of rotatable bonds is 7. The lowest BCUT2D eigenvalue weighted by atomic mass is 10.1. The van der Waals surface area contributed by atoms with Crippen LogP contribution in [0.25, 0.3) is 22.8 Å². The van der Waals surface area contributed by atoms with Gasteiger partial charge in [0.25, 0.3) is 0 Å². The first-order valence-corrected chi connectivity index (χ1v) is 11.4. The van der Waals surface area contributed by atoms with Crippen molar-refractivity contribution in [1.82, 2.24) is 19.1 Å². The molecule has 0 saturated heterocycles. The Morgan fingerprint density at radius 2 is 1.19 bits per heavy atom. The first kappa shape index (κ1) is 25.0. The van der Waals surface area contributed by atoms with E-state index in [1.54, 1.807) is 30.5 Å². The number of aryl methyl sites for hydroxylation is 1. The van der Waals surface area contributed by atoms with Gasteiger partial charge in [0.2, 0.25) is 0 Å².